The van der Waals surface area contributed by atoms with Crippen LogP contribution in [0.15, 0.2) is 30.3 Å². The molecule has 1 heterocycles. The number of hydrogen-bond acceptors (Lipinski definition) is 4. The zero-order valence-corrected chi connectivity index (χ0v) is 11.2. The number of carbonyl (C=O) groups is 2. The highest BCUT2D eigenvalue weighted by Crippen LogP contribution is 2.15. The van der Waals surface area contributed by atoms with Crippen LogP contribution in [0, 0.1) is 0 Å². The summed E-state index contributed by atoms with van der Waals surface area (Å²) in [6.45, 7) is 2.23. The van der Waals surface area contributed by atoms with Crippen molar-refractivity contribution in [1.82, 2.24) is 4.90 Å². The average molecular weight is 279 g/mol. The molecule has 1 aliphatic rings. The molecule has 6 heteroatoms. The van der Waals surface area contributed by atoms with Crippen LogP contribution in [-0.4, -0.2) is 53.8 Å². The summed E-state index contributed by atoms with van der Waals surface area (Å²) >= 11 is 0. The number of benzene rings is 1. The van der Waals surface area contributed by atoms with Gasteiger partial charge in [0.1, 0.15) is 5.75 Å². The minimum atomic E-state index is -1.06. The van der Waals surface area contributed by atoms with Gasteiger partial charge in [0.05, 0.1) is 13.2 Å². The highest BCUT2D eigenvalue weighted by molar-refractivity contribution is 5.86. The van der Waals surface area contributed by atoms with E-state index in [0.29, 0.717) is 12.4 Å². The molecule has 1 fully saturated rings. The van der Waals surface area contributed by atoms with E-state index in [1.165, 1.54) is 4.90 Å². The number of carbonyl (C=O) groups excluding carboxylic acids is 1. The van der Waals surface area contributed by atoms with Crippen molar-refractivity contribution in [3.05, 3.63) is 30.3 Å². The molecule has 2 atom stereocenters. The van der Waals surface area contributed by atoms with Crippen molar-refractivity contribution >= 4 is 11.9 Å². The minimum absolute atomic E-state index is 0.0130. The first-order valence-corrected chi connectivity index (χ1v) is 6.42. The van der Waals surface area contributed by atoms with Crippen molar-refractivity contribution < 1.29 is 24.2 Å². The predicted molar refractivity (Wildman–Crippen MR) is 70.5 cm³/mol. The van der Waals surface area contributed by atoms with Gasteiger partial charge in [0.15, 0.2) is 12.1 Å². The van der Waals surface area contributed by atoms with E-state index < -0.39 is 18.1 Å². The first kappa shape index (κ1) is 14.3. The van der Waals surface area contributed by atoms with Gasteiger partial charge in [-0.2, -0.15) is 0 Å². The van der Waals surface area contributed by atoms with E-state index in [1.54, 1.807) is 31.2 Å². The van der Waals surface area contributed by atoms with Crippen LogP contribution < -0.4 is 4.74 Å². The SMILES string of the molecule is C[C@H](Oc1ccccc1)C(=O)N1CCOC[C@@H]1C(=O)O. The Labute approximate surface area is 116 Å². The second-order valence-electron chi connectivity index (χ2n) is 4.53. The standard InChI is InChI=1S/C14H17NO5/c1-10(20-11-5-3-2-4-6-11)13(16)15-7-8-19-9-12(15)14(17)18/h2-6,10,12H,7-9H2,1H3,(H,17,18)/t10-,12+/m0/s1. The zero-order valence-electron chi connectivity index (χ0n) is 11.2. The van der Waals surface area contributed by atoms with E-state index in [-0.39, 0.29) is 19.1 Å². The Morgan fingerprint density at radius 1 is 1.40 bits per heavy atom. The third kappa shape index (κ3) is 3.27. The molecule has 1 aliphatic heterocycles. The predicted octanol–water partition coefficient (Wildman–Crippen LogP) is 0.766. The Hall–Kier alpha value is -2.08. The molecule has 1 aromatic rings. The summed E-state index contributed by atoms with van der Waals surface area (Å²) in [5.41, 5.74) is 0. The Bertz CT molecular complexity index is 476. The quantitative estimate of drug-likeness (QED) is 0.881. The van der Waals surface area contributed by atoms with Crippen LogP contribution in [0.25, 0.3) is 0 Å². The summed E-state index contributed by atoms with van der Waals surface area (Å²) < 4.78 is 10.6. The molecule has 1 amide bonds. The molecule has 0 spiro atoms. The maximum Gasteiger partial charge on any atom is 0.328 e. The molecular weight excluding hydrogens is 262 g/mol. The molecule has 0 aromatic heterocycles. The van der Waals surface area contributed by atoms with Crippen LogP contribution in [-0.2, 0) is 14.3 Å². The first-order chi connectivity index (χ1) is 9.59. The molecule has 6 nitrogen and oxygen atoms in total. The molecule has 1 N–H and O–H groups in total. The second-order valence-corrected chi connectivity index (χ2v) is 4.53. The smallest absolute Gasteiger partial charge is 0.328 e. The lowest BCUT2D eigenvalue weighted by molar-refractivity contribution is -0.161. The number of para-hydroxylation sites is 1. The number of ether oxygens (including phenoxy) is 2. The molecule has 0 saturated carbocycles. The van der Waals surface area contributed by atoms with Gasteiger partial charge in [-0.3, -0.25) is 4.79 Å². The van der Waals surface area contributed by atoms with E-state index in [9.17, 15) is 9.59 Å². The van der Waals surface area contributed by atoms with E-state index in [1.807, 2.05) is 6.07 Å². The van der Waals surface area contributed by atoms with Crippen LogP contribution in [0.1, 0.15) is 6.92 Å². The lowest BCUT2D eigenvalue weighted by Crippen LogP contribution is -2.55. The summed E-state index contributed by atoms with van der Waals surface area (Å²) in [6, 6.07) is 8.01. The van der Waals surface area contributed by atoms with E-state index in [0.717, 1.165) is 0 Å². The molecule has 0 unspecified atom stereocenters. The van der Waals surface area contributed by atoms with Gasteiger partial charge in [-0.05, 0) is 19.1 Å². The number of amides is 1. The van der Waals surface area contributed by atoms with Crippen molar-refractivity contribution in [3.63, 3.8) is 0 Å². The average Bonchev–Trinajstić information content (AvgIpc) is 2.47. The maximum atomic E-state index is 12.3. The Morgan fingerprint density at radius 2 is 2.10 bits per heavy atom. The van der Waals surface area contributed by atoms with Crippen molar-refractivity contribution in [2.24, 2.45) is 0 Å². The summed E-state index contributed by atoms with van der Waals surface area (Å²) in [5, 5.41) is 9.11. The number of hydrogen-bond donors (Lipinski definition) is 1. The van der Waals surface area contributed by atoms with Gasteiger partial charge in [-0.1, -0.05) is 18.2 Å². The van der Waals surface area contributed by atoms with Gasteiger partial charge in [0.25, 0.3) is 5.91 Å². The summed E-state index contributed by atoms with van der Waals surface area (Å²) in [7, 11) is 0. The molecule has 20 heavy (non-hydrogen) atoms. The fraction of sp³-hybridized carbons (Fsp3) is 0.429. The van der Waals surface area contributed by atoms with Crippen molar-refractivity contribution in [3.8, 4) is 5.75 Å². The van der Waals surface area contributed by atoms with Crippen LogP contribution in [0.2, 0.25) is 0 Å². The van der Waals surface area contributed by atoms with Crippen LogP contribution in [0.3, 0.4) is 0 Å². The fourth-order valence-corrected chi connectivity index (χ4v) is 2.06. The maximum absolute atomic E-state index is 12.3. The van der Waals surface area contributed by atoms with E-state index in [4.69, 9.17) is 14.6 Å². The lowest BCUT2D eigenvalue weighted by atomic mass is 10.2. The van der Waals surface area contributed by atoms with Crippen molar-refractivity contribution in [2.75, 3.05) is 19.8 Å². The summed E-state index contributed by atoms with van der Waals surface area (Å²) in [4.78, 5) is 24.7. The second kappa shape index (κ2) is 6.38. The van der Waals surface area contributed by atoms with Gasteiger partial charge in [0, 0.05) is 6.54 Å². The molecular formula is C14H17NO5. The molecule has 0 bridgehead atoms. The summed E-state index contributed by atoms with van der Waals surface area (Å²) in [5.74, 6) is -0.831. The van der Waals surface area contributed by atoms with Crippen molar-refractivity contribution in [1.29, 1.82) is 0 Å². The van der Waals surface area contributed by atoms with Gasteiger partial charge in [-0.15, -0.1) is 0 Å². The molecule has 0 radical (unpaired) electrons. The number of nitrogens with zero attached hydrogens (tertiary/aromatic N) is 1. The topological polar surface area (TPSA) is 76.1 Å². The Balaban J connectivity index is 2.03. The zero-order chi connectivity index (χ0) is 14.5. The number of morpholine rings is 1. The largest absolute Gasteiger partial charge is 0.481 e. The lowest BCUT2D eigenvalue weighted by Gasteiger charge is -2.34. The third-order valence-electron chi connectivity index (χ3n) is 3.10. The van der Waals surface area contributed by atoms with Crippen LogP contribution in [0.5, 0.6) is 5.75 Å². The van der Waals surface area contributed by atoms with Gasteiger partial charge in [0.2, 0.25) is 0 Å². The first-order valence-electron chi connectivity index (χ1n) is 6.42. The molecule has 1 saturated heterocycles. The van der Waals surface area contributed by atoms with E-state index >= 15 is 0 Å². The fourth-order valence-electron chi connectivity index (χ4n) is 2.06. The molecule has 2 rings (SSSR count). The Kier molecular flexibility index (Phi) is 4.57. The number of rotatable bonds is 4. The Morgan fingerprint density at radius 3 is 2.75 bits per heavy atom. The van der Waals surface area contributed by atoms with Gasteiger partial charge < -0.3 is 19.5 Å². The molecule has 108 valence electrons. The van der Waals surface area contributed by atoms with Gasteiger partial charge >= 0.3 is 5.97 Å². The molecule has 1 aromatic carbocycles. The highest BCUT2D eigenvalue weighted by atomic mass is 16.5. The number of carboxylic acids is 1. The number of aliphatic carboxylic acids is 1. The van der Waals surface area contributed by atoms with E-state index in [2.05, 4.69) is 0 Å². The van der Waals surface area contributed by atoms with Crippen LogP contribution >= 0.6 is 0 Å². The molecule has 0 aliphatic carbocycles. The van der Waals surface area contributed by atoms with Crippen LogP contribution in [0.4, 0.5) is 0 Å². The van der Waals surface area contributed by atoms with Crippen molar-refractivity contribution in [2.45, 2.75) is 19.1 Å². The minimum Gasteiger partial charge on any atom is -0.481 e. The normalized spacial score (nSPS) is 20.2. The monoisotopic (exact) mass is 279 g/mol. The number of carboxylic acid groups (broad SMARTS) is 1. The summed E-state index contributed by atoms with van der Waals surface area (Å²) in [6.07, 6.45) is -0.739. The van der Waals surface area contributed by atoms with Gasteiger partial charge in [-0.25, -0.2) is 4.79 Å². The third-order valence-corrected chi connectivity index (χ3v) is 3.10. The highest BCUT2D eigenvalue weighted by Gasteiger charge is 2.35.